The number of hydrogen-bond donors (Lipinski definition) is 2. The summed E-state index contributed by atoms with van der Waals surface area (Å²) in [6, 6.07) is 19.5. The second-order valence-corrected chi connectivity index (χ2v) is 17.9. The molecule has 56 heavy (non-hydrogen) atoms. The van der Waals surface area contributed by atoms with Crippen LogP contribution in [0.3, 0.4) is 0 Å². The van der Waals surface area contributed by atoms with Crippen molar-refractivity contribution in [2.75, 3.05) is 61.1 Å². The van der Waals surface area contributed by atoms with Gasteiger partial charge in [0, 0.05) is 48.5 Å². The van der Waals surface area contributed by atoms with Gasteiger partial charge in [0.15, 0.2) is 5.71 Å². The summed E-state index contributed by atoms with van der Waals surface area (Å²) in [5, 5.41) is 4.64. The van der Waals surface area contributed by atoms with Gasteiger partial charge in [0.05, 0.1) is 6.61 Å². The van der Waals surface area contributed by atoms with E-state index in [-0.39, 0.29) is 10.7 Å². The molecule has 306 valence electrons. The highest BCUT2D eigenvalue weighted by Crippen LogP contribution is 2.37. The fourth-order valence-electron chi connectivity index (χ4n) is 6.22. The number of hydrogen-bond acceptors (Lipinski definition) is 9. The molecule has 4 rings (SSSR count). The van der Waals surface area contributed by atoms with Crippen molar-refractivity contribution in [1.29, 1.82) is 0 Å². The predicted octanol–water partition coefficient (Wildman–Crippen LogP) is 6.27. The summed E-state index contributed by atoms with van der Waals surface area (Å²) in [4.78, 5) is 2.25. The number of nitrogens with one attached hydrogen (secondary N) is 2. The number of halogens is 5. The maximum absolute atomic E-state index is 14.4. The minimum Gasteiger partial charge on any atom is -0.382 e. The van der Waals surface area contributed by atoms with E-state index in [2.05, 4.69) is 95.2 Å². The fraction of sp³-hybridized carbons (Fsp3) is 0.378. The SMILES string of the molecule is CCN(CC)c1ccc(C(=C2C=CC(=[N+](CC)CC)C=C2)c2ccc(NCCOS(=O)(=O)CC(F)(F)CS(=O)(=O)NS(=O)(=O)C(F)(F)F)c3ccccc23)cc1. The Labute approximate surface area is 324 Å². The first-order valence-corrected chi connectivity index (χ1v) is 22.3. The van der Waals surface area contributed by atoms with Gasteiger partial charge >= 0.3 is 15.5 Å². The lowest BCUT2D eigenvalue weighted by atomic mass is 9.87. The van der Waals surface area contributed by atoms with Crippen LogP contribution in [0, 0.1) is 0 Å². The molecule has 0 aliphatic heterocycles. The zero-order chi connectivity index (χ0) is 41.5. The lowest BCUT2D eigenvalue weighted by Gasteiger charge is -2.22. The highest BCUT2D eigenvalue weighted by atomic mass is 32.3. The Morgan fingerprint density at radius 2 is 1.34 bits per heavy atom. The molecule has 0 bridgehead atoms. The van der Waals surface area contributed by atoms with Crippen molar-refractivity contribution in [2.45, 2.75) is 39.1 Å². The third-order valence-electron chi connectivity index (χ3n) is 8.77. The van der Waals surface area contributed by atoms with Crippen molar-refractivity contribution < 1.29 is 56.0 Å². The normalized spacial score (nSPS) is 14.0. The molecular formula is C37H44F5N4O7S3+. The van der Waals surface area contributed by atoms with Crippen LogP contribution in [0.4, 0.5) is 33.3 Å². The Morgan fingerprint density at radius 1 is 0.750 bits per heavy atom. The number of alkyl halides is 5. The maximum atomic E-state index is 14.4. The van der Waals surface area contributed by atoms with Gasteiger partial charge in [-0.2, -0.15) is 21.6 Å². The van der Waals surface area contributed by atoms with E-state index in [4.69, 9.17) is 0 Å². The number of benzene rings is 3. The number of sulfonamides is 2. The van der Waals surface area contributed by atoms with Crippen molar-refractivity contribution in [3.8, 4) is 0 Å². The molecule has 0 atom stereocenters. The number of rotatable bonds is 18. The van der Waals surface area contributed by atoms with Crippen molar-refractivity contribution in [2.24, 2.45) is 0 Å². The van der Waals surface area contributed by atoms with Crippen LogP contribution in [0.5, 0.6) is 0 Å². The lowest BCUT2D eigenvalue weighted by Crippen LogP contribution is -2.46. The molecule has 0 heterocycles. The maximum Gasteiger partial charge on any atom is 0.512 e. The molecule has 1 aliphatic carbocycles. The van der Waals surface area contributed by atoms with Gasteiger partial charge < -0.3 is 10.2 Å². The molecule has 0 fully saturated rings. The molecule has 1 aliphatic rings. The largest absolute Gasteiger partial charge is 0.512 e. The number of fused-ring (bicyclic) bond motifs is 1. The first kappa shape index (κ1) is 44.5. The van der Waals surface area contributed by atoms with Crippen molar-refractivity contribution >= 4 is 63.6 Å². The van der Waals surface area contributed by atoms with Crippen LogP contribution in [0.2, 0.25) is 0 Å². The van der Waals surface area contributed by atoms with Crippen LogP contribution in [-0.4, -0.2) is 97.8 Å². The highest BCUT2D eigenvalue weighted by Gasteiger charge is 2.50. The monoisotopic (exact) mass is 847 g/mol. The first-order chi connectivity index (χ1) is 26.2. The molecule has 19 heteroatoms. The summed E-state index contributed by atoms with van der Waals surface area (Å²) < 4.78 is 144. The molecule has 0 saturated carbocycles. The molecule has 2 N–H and O–H groups in total. The Kier molecular flexibility index (Phi) is 14.3. The van der Waals surface area contributed by atoms with Crippen LogP contribution in [-0.2, 0) is 34.3 Å². The van der Waals surface area contributed by atoms with E-state index in [0.717, 1.165) is 70.6 Å². The highest BCUT2D eigenvalue weighted by molar-refractivity contribution is 8.05. The summed E-state index contributed by atoms with van der Waals surface area (Å²) in [7, 11) is -17.5. The summed E-state index contributed by atoms with van der Waals surface area (Å²) in [5.74, 6) is -9.51. The Hall–Kier alpha value is -4.17. The summed E-state index contributed by atoms with van der Waals surface area (Å²) in [5.41, 5.74) is 0.452. The third-order valence-corrected chi connectivity index (χ3v) is 13.4. The minimum absolute atomic E-state index is 0.139. The molecule has 0 aromatic heterocycles. The van der Waals surface area contributed by atoms with Crippen molar-refractivity contribution in [3.05, 3.63) is 102 Å². The summed E-state index contributed by atoms with van der Waals surface area (Å²) >= 11 is 0. The van der Waals surface area contributed by atoms with E-state index in [0.29, 0.717) is 5.69 Å². The van der Waals surface area contributed by atoms with Crippen molar-refractivity contribution in [3.63, 3.8) is 0 Å². The van der Waals surface area contributed by atoms with E-state index in [1.54, 1.807) is 6.07 Å². The number of anilines is 2. The molecular weight excluding hydrogens is 804 g/mol. The second kappa shape index (κ2) is 18.0. The zero-order valence-corrected chi connectivity index (χ0v) is 33.6. The Morgan fingerprint density at radius 3 is 1.89 bits per heavy atom. The van der Waals surface area contributed by atoms with Gasteiger partial charge in [-0.25, -0.2) is 30.2 Å². The van der Waals surface area contributed by atoms with E-state index in [1.165, 1.54) is 0 Å². The van der Waals surface area contributed by atoms with Gasteiger partial charge in [-0.3, -0.25) is 4.18 Å². The van der Waals surface area contributed by atoms with Gasteiger partial charge in [-0.05, 0) is 85.7 Å². The molecule has 3 aromatic rings. The Balaban J connectivity index is 1.58. The minimum atomic E-state index is -6.55. The van der Waals surface area contributed by atoms with Crippen LogP contribution in [0.25, 0.3) is 16.3 Å². The molecule has 11 nitrogen and oxygen atoms in total. The van der Waals surface area contributed by atoms with Gasteiger partial charge in [-0.1, -0.05) is 42.5 Å². The zero-order valence-electron chi connectivity index (χ0n) is 31.1. The second-order valence-electron chi connectivity index (χ2n) is 12.6. The van der Waals surface area contributed by atoms with Gasteiger partial charge in [-0.15, -0.1) is 4.13 Å². The van der Waals surface area contributed by atoms with Crippen LogP contribution in [0.1, 0.15) is 38.8 Å². The van der Waals surface area contributed by atoms with E-state index >= 15 is 0 Å². The summed E-state index contributed by atoms with van der Waals surface area (Å²) in [6.07, 6.45) is 8.34. The number of nitrogens with zero attached hydrogens (tertiary/aromatic N) is 2. The van der Waals surface area contributed by atoms with Crippen LogP contribution >= 0.6 is 0 Å². The topological polar surface area (TPSA) is 142 Å². The third kappa shape index (κ3) is 11.2. The summed E-state index contributed by atoms with van der Waals surface area (Å²) in [6.45, 7) is 10.9. The van der Waals surface area contributed by atoms with E-state index < -0.39 is 59.7 Å². The average molecular weight is 848 g/mol. The molecule has 3 aromatic carbocycles. The van der Waals surface area contributed by atoms with Crippen molar-refractivity contribution in [1.82, 2.24) is 4.13 Å². The Bertz CT molecular complexity index is 2330. The predicted molar refractivity (Wildman–Crippen MR) is 210 cm³/mol. The smallest absolute Gasteiger partial charge is 0.382 e. The van der Waals surface area contributed by atoms with E-state index in [9.17, 15) is 47.2 Å². The standard InChI is InChI=1S/C37H43F5N4O7S3/c1-5-45(6-2)29-17-13-27(14-18-29)35(28-15-19-30(20-16-28)46(7-3)8-4)33-21-22-34(32-12-10-9-11-31(32)33)43-23-24-53-55(49,50)26-36(38,39)25-54(47,48)44-56(51,52)37(40,41)42/h9-22,44H,5-8,23-26H2,1-4H3/p+1. The van der Waals surface area contributed by atoms with Crippen LogP contribution < -0.4 is 14.3 Å². The average Bonchev–Trinajstić information content (AvgIpc) is 3.11. The molecule has 0 spiro atoms. The first-order valence-electron chi connectivity index (χ1n) is 17.6. The van der Waals surface area contributed by atoms with Gasteiger partial charge in [0.25, 0.3) is 16.0 Å². The van der Waals surface area contributed by atoms with Gasteiger partial charge in [0.2, 0.25) is 10.0 Å². The molecule has 0 amide bonds. The molecule has 0 radical (unpaired) electrons. The fourth-order valence-corrected chi connectivity index (χ4v) is 10.0. The molecule has 0 saturated heterocycles. The van der Waals surface area contributed by atoms with Crippen LogP contribution in [0.15, 0.2) is 90.5 Å². The quantitative estimate of drug-likeness (QED) is 0.0656. The molecule has 0 unspecified atom stereocenters. The number of allylic oxidation sites excluding steroid dienone is 5. The lowest BCUT2D eigenvalue weighted by molar-refractivity contribution is -0.519. The van der Waals surface area contributed by atoms with Gasteiger partial charge in [0.1, 0.15) is 24.6 Å². The van der Waals surface area contributed by atoms with E-state index in [1.807, 2.05) is 30.3 Å².